The topological polar surface area (TPSA) is 84.9 Å². The molecule has 0 radical (unpaired) electrons. The van der Waals surface area contributed by atoms with Gasteiger partial charge < -0.3 is 14.8 Å². The van der Waals surface area contributed by atoms with Crippen LogP contribution in [0.2, 0.25) is 0 Å². The van der Waals surface area contributed by atoms with Crippen molar-refractivity contribution in [1.29, 1.82) is 0 Å². The number of methoxy groups -OCH3 is 1. The van der Waals surface area contributed by atoms with Gasteiger partial charge in [-0.2, -0.15) is 0 Å². The summed E-state index contributed by atoms with van der Waals surface area (Å²) < 4.78 is 36.0. The van der Waals surface area contributed by atoms with Crippen LogP contribution in [0.5, 0.6) is 11.5 Å². The minimum absolute atomic E-state index is 0.357. The largest absolute Gasteiger partial charge is 0.495 e. The summed E-state index contributed by atoms with van der Waals surface area (Å²) in [6, 6.07) is 11.9. The number of aryl methyl sites for hydroxylation is 1. The van der Waals surface area contributed by atoms with Crippen molar-refractivity contribution >= 4 is 27.3 Å². The molecule has 2 aromatic carbocycles. The molecule has 0 saturated heterocycles. The van der Waals surface area contributed by atoms with E-state index in [9.17, 15) is 13.2 Å². The van der Waals surface area contributed by atoms with Gasteiger partial charge in [0.15, 0.2) is 0 Å². The van der Waals surface area contributed by atoms with E-state index in [4.69, 9.17) is 9.47 Å². The summed E-state index contributed by atoms with van der Waals surface area (Å²) in [5.74, 6) is 0.655. The molecule has 146 valence electrons. The van der Waals surface area contributed by atoms with Crippen molar-refractivity contribution in [3.05, 3.63) is 48.0 Å². The number of hydrogen-bond acceptors (Lipinski definition) is 5. The van der Waals surface area contributed by atoms with Gasteiger partial charge in [0.2, 0.25) is 15.9 Å². The highest BCUT2D eigenvalue weighted by molar-refractivity contribution is 7.92. The Morgan fingerprint density at radius 3 is 2.37 bits per heavy atom. The number of anilines is 2. The van der Waals surface area contributed by atoms with Crippen molar-refractivity contribution in [2.45, 2.75) is 13.8 Å². The molecule has 0 aliphatic rings. The van der Waals surface area contributed by atoms with E-state index in [1.807, 2.05) is 19.9 Å². The molecule has 0 aromatic heterocycles. The Morgan fingerprint density at radius 1 is 1.15 bits per heavy atom. The van der Waals surface area contributed by atoms with Gasteiger partial charge in [-0.05, 0) is 55.8 Å². The molecule has 0 bridgehead atoms. The zero-order chi connectivity index (χ0) is 20.0. The maximum Gasteiger partial charge on any atom is 0.245 e. The van der Waals surface area contributed by atoms with Crippen molar-refractivity contribution in [3.63, 3.8) is 0 Å². The van der Waals surface area contributed by atoms with Crippen LogP contribution in [0, 0.1) is 6.92 Å². The average Bonchev–Trinajstić information content (AvgIpc) is 2.60. The molecule has 0 fully saturated rings. The van der Waals surface area contributed by atoms with Gasteiger partial charge in [-0.15, -0.1) is 0 Å². The number of nitrogens with zero attached hydrogens (tertiary/aromatic N) is 1. The summed E-state index contributed by atoms with van der Waals surface area (Å²) in [6.07, 6.45) is 1.06. The number of ether oxygens (including phenoxy) is 2. The number of carbonyl (C=O) groups excluding carboxylic acids is 1. The standard InChI is InChI=1S/C19H24N2O5S/c1-5-26-16-9-7-15(8-10-16)21(27(4,23)24)13-19(22)20-17-12-14(2)6-11-18(17)25-3/h6-12H,5,13H2,1-4H3,(H,20,22). The first-order chi connectivity index (χ1) is 12.7. The molecule has 0 aliphatic heterocycles. The van der Waals surface area contributed by atoms with Gasteiger partial charge in [-0.3, -0.25) is 9.10 Å². The first-order valence-corrected chi connectivity index (χ1v) is 10.2. The maximum atomic E-state index is 12.5. The van der Waals surface area contributed by atoms with Crippen LogP contribution in [0.25, 0.3) is 0 Å². The fourth-order valence-electron chi connectivity index (χ4n) is 2.51. The zero-order valence-electron chi connectivity index (χ0n) is 15.9. The molecule has 27 heavy (non-hydrogen) atoms. The quantitative estimate of drug-likeness (QED) is 0.747. The fraction of sp³-hybridized carbons (Fsp3) is 0.316. The number of nitrogens with one attached hydrogen (secondary N) is 1. The van der Waals surface area contributed by atoms with Crippen LogP contribution in [0.1, 0.15) is 12.5 Å². The van der Waals surface area contributed by atoms with Crippen LogP contribution in [0.3, 0.4) is 0 Å². The molecule has 0 unspecified atom stereocenters. The number of hydrogen-bond donors (Lipinski definition) is 1. The van der Waals surface area contributed by atoms with Crippen molar-refractivity contribution in [3.8, 4) is 11.5 Å². The van der Waals surface area contributed by atoms with Crippen LogP contribution >= 0.6 is 0 Å². The molecular weight excluding hydrogens is 368 g/mol. The van der Waals surface area contributed by atoms with Crippen LogP contribution in [0.4, 0.5) is 11.4 Å². The van der Waals surface area contributed by atoms with E-state index >= 15 is 0 Å². The highest BCUT2D eigenvalue weighted by Gasteiger charge is 2.21. The van der Waals surface area contributed by atoms with Crippen molar-refractivity contribution < 1.29 is 22.7 Å². The summed E-state index contributed by atoms with van der Waals surface area (Å²) >= 11 is 0. The number of amides is 1. The molecule has 0 heterocycles. The Labute approximate surface area is 160 Å². The highest BCUT2D eigenvalue weighted by Crippen LogP contribution is 2.26. The first-order valence-electron chi connectivity index (χ1n) is 8.39. The first kappa shape index (κ1) is 20.6. The molecule has 1 N–H and O–H groups in total. The van der Waals surface area contributed by atoms with E-state index in [1.54, 1.807) is 36.4 Å². The van der Waals surface area contributed by atoms with Crippen LogP contribution < -0.4 is 19.1 Å². The molecule has 7 nitrogen and oxygen atoms in total. The SMILES string of the molecule is CCOc1ccc(N(CC(=O)Nc2cc(C)ccc2OC)S(C)(=O)=O)cc1. The average molecular weight is 392 g/mol. The van der Waals surface area contributed by atoms with Crippen LogP contribution in [-0.4, -0.2) is 40.8 Å². The second-order valence-electron chi connectivity index (χ2n) is 5.95. The predicted molar refractivity (Wildman–Crippen MR) is 106 cm³/mol. The lowest BCUT2D eigenvalue weighted by atomic mass is 10.2. The summed E-state index contributed by atoms with van der Waals surface area (Å²) in [5.41, 5.74) is 1.81. The molecule has 2 aromatic rings. The normalized spacial score (nSPS) is 11.0. The van der Waals surface area contributed by atoms with E-state index in [1.165, 1.54) is 7.11 Å². The lowest BCUT2D eigenvalue weighted by molar-refractivity contribution is -0.114. The minimum atomic E-state index is -3.65. The number of rotatable bonds is 8. The summed E-state index contributed by atoms with van der Waals surface area (Å²) in [7, 11) is -2.15. The number of sulfonamides is 1. The van der Waals surface area contributed by atoms with E-state index < -0.39 is 15.9 Å². The highest BCUT2D eigenvalue weighted by atomic mass is 32.2. The molecule has 0 atom stereocenters. The maximum absolute atomic E-state index is 12.5. The molecule has 0 spiro atoms. The monoisotopic (exact) mass is 392 g/mol. The van der Waals surface area contributed by atoms with Crippen molar-refractivity contribution in [2.24, 2.45) is 0 Å². The second-order valence-corrected chi connectivity index (χ2v) is 7.86. The van der Waals surface area contributed by atoms with Gasteiger partial charge in [0, 0.05) is 0 Å². The van der Waals surface area contributed by atoms with Gasteiger partial charge in [0.1, 0.15) is 18.0 Å². The Bertz CT molecular complexity index is 895. The van der Waals surface area contributed by atoms with Crippen molar-refractivity contribution in [2.75, 3.05) is 36.1 Å². The Hall–Kier alpha value is -2.74. The van der Waals surface area contributed by atoms with Gasteiger partial charge in [0.05, 0.1) is 31.3 Å². The fourth-order valence-corrected chi connectivity index (χ4v) is 3.37. The third kappa shape index (κ3) is 5.62. The molecule has 1 amide bonds. The van der Waals surface area contributed by atoms with Gasteiger partial charge in [-0.1, -0.05) is 6.07 Å². The third-order valence-electron chi connectivity index (χ3n) is 3.75. The molecule has 0 saturated carbocycles. The Morgan fingerprint density at radius 2 is 1.81 bits per heavy atom. The van der Waals surface area contributed by atoms with Gasteiger partial charge >= 0.3 is 0 Å². The Balaban J connectivity index is 2.21. The lowest BCUT2D eigenvalue weighted by Crippen LogP contribution is -2.37. The van der Waals surface area contributed by atoms with Gasteiger partial charge in [0.25, 0.3) is 0 Å². The van der Waals surface area contributed by atoms with E-state index in [0.717, 1.165) is 16.1 Å². The smallest absolute Gasteiger partial charge is 0.245 e. The predicted octanol–water partition coefficient (Wildman–Crippen LogP) is 2.81. The Kier molecular flexibility index (Phi) is 6.68. The van der Waals surface area contributed by atoms with E-state index in [0.29, 0.717) is 29.5 Å². The van der Waals surface area contributed by atoms with E-state index in [2.05, 4.69) is 5.32 Å². The molecule has 0 aliphatic carbocycles. The van der Waals surface area contributed by atoms with Gasteiger partial charge in [-0.25, -0.2) is 8.42 Å². The number of benzene rings is 2. The zero-order valence-corrected chi connectivity index (χ0v) is 16.7. The summed E-state index contributed by atoms with van der Waals surface area (Å²) in [6.45, 7) is 3.90. The van der Waals surface area contributed by atoms with E-state index in [-0.39, 0.29) is 6.54 Å². The van der Waals surface area contributed by atoms with Crippen LogP contribution in [-0.2, 0) is 14.8 Å². The van der Waals surface area contributed by atoms with Crippen LogP contribution in [0.15, 0.2) is 42.5 Å². The molecule has 8 heteroatoms. The van der Waals surface area contributed by atoms with Crippen molar-refractivity contribution in [1.82, 2.24) is 0 Å². The second kappa shape index (κ2) is 8.77. The summed E-state index contributed by atoms with van der Waals surface area (Å²) in [5, 5.41) is 2.71. The number of carbonyl (C=O) groups is 1. The minimum Gasteiger partial charge on any atom is -0.495 e. The molecule has 2 rings (SSSR count). The molecular formula is C19H24N2O5S. The third-order valence-corrected chi connectivity index (χ3v) is 4.89. The lowest BCUT2D eigenvalue weighted by Gasteiger charge is -2.22. The summed E-state index contributed by atoms with van der Waals surface area (Å²) in [4.78, 5) is 12.5.